The van der Waals surface area contributed by atoms with Crippen LogP contribution in [-0.4, -0.2) is 9.78 Å². The van der Waals surface area contributed by atoms with Gasteiger partial charge in [0.2, 0.25) is 0 Å². The summed E-state index contributed by atoms with van der Waals surface area (Å²) < 4.78 is 29.4. The third kappa shape index (κ3) is 2.38. The maximum absolute atomic E-state index is 14.0. The normalized spacial score (nSPS) is 10.8. The van der Waals surface area contributed by atoms with Crippen LogP contribution >= 0.6 is 0 Å². The van der Waals surface area contributed by atoms with Gasteiger partial charge in [0.15, 0.2) is 0 Å². The highest BCUT2D eigenvalue weighted by atomic mass is 19.1. The largest absolute Gasteiger partial charge is 0.384 e. The highest BCUT2D eigenvalue weighted by Crippen LogP contribution is 2.30. The first-order chi connectivity index (χ1) is 10.1. The van der Waals surface area contributed by atoms with Crippen LogP contribution in [0.3, 0.4) is 0 Å². The lowest BCUT2D eigenvalue weighted by Crippen LogP contribution is -1.96. The van der Waals surface area contributed by atoms with Crippen molar-refractivity contribution in [3.63, 3.8) is 0 Å². The molecular formula is C16H13F2N3. The summed E-state index contributed by atoms with van der Waals surface area (Å²) in [5.41, 5.74) is 7.47. The fourth-order valence-electron chi connectivity index (χ4n) is 2.19. The topological polar surface area (TPSA) is 43.8 Å². The summed E-state index contributed by atoms with van der Waals surface area (Å²) in [6.45, 7) is 0. The zero-order chi connectivity index (χ0) is 15.0. The molecule has 0 aliphatic rings. The van der Waals surface area contributed by atoms with Crippen molar-refractivity contribution >= 4 is 5.82 Å². The van der Waals surface area contributed by atoms with E-state index in [2.05, 4.69) is 5.10 Å². The van der Waals surface area contributed by atoms with Crippen molar-refractivity contribution in [2.45, 2.75) is 0 Å². The summed E-state index contributed by atoms with van der Waals surface area (Å²) in [4.78, 5) is 0. The monoisotopic (exact) mass is 285 g/mol. The number of halogens is 2. The predicted octanol–water partition coefficient (Wildman–Crippen LogP) is 3.61. The first kappa shape index (κ1) is 13.3. The number of anilines is 1. The van der Waals surface area contributed by atoms with Crippen LogP contribution in [0.5, 0.6) is 0 Å². The Hall–Kier alpha value is -2.69. The van der Waals surface area contributed by atoms with Crippen LogP contribution in [0.15, 0.2) is 48.5 Å². The highest BCUT2D eigenvalue weighted by Gasteiger charge is 2.13. The summed E-state index contributed by atoms with van der Waals surface area (Å²) in [6.07, 6.45) is 0. The Labute approximate surface area is 120 Å². The number of aromatic nitrogens is 2. The Balaban J connectivity index is 2.15. The van der Waals surface area contributed by atoms with Gasteiger partial charge in [0.1, 0.15) is 17.5 Å². The molecule has 3 nitrogen and oxygen atoms in total. The number of hydrogen-bond donors (Lipinski definition) is 1. The number of hydrogen-bond acceptors (Lipinski definition) is 2. The van der Waals surface area contributed by atoms with Gasteiger partial charge in [0.05, 0.1) is 5.69 Å². The molecule has 1 aromatic heterocycles. The quantitative estimate of drug-likeness (QED) is 0.781. The average molecular weight is 285 g/mol. The van der Waals surface area contributed by atoms with Crippen molar-refractivity contribution < 1.29 is 8.78 Å². The first-order valence-electron chi connectivity index (χ1n) is 6.40. The minimum Gasteiger partial charge on any atom is -0.384 e. The first-order valence-corrected chi connectivity index (χ1v) is 6.40. The summed E-state index contributed by atoms with van der Waals surface area (Å²) >= 11 is 0. The number of rotatable bonds is 2. The van der Waals surface area contributed by atoms with Gasteiger partial charge < -0.3 is 5.73 Å². The number of nitrogen functional groups attached to an aromatic ring is 1. The van der Waals surface area contributed by atoms with Crippen LogP contribution in [-0.2, 0) is 7.05 Å². The molecule has 0 fully saturated rings. The lowest BCUT2D eigenvalue weighted by Gasteiger charge is -2.07. The fourth-order valence-corrected chi connectivity index (χ4v) is 2.19. The van der Waals surface area contributed by atoms with E-state index in [1.54, 1.807) is 43.4 Å². The van der Waals surface area contributed by atoms with Gasteiger partial charge in [-0.3, -0.25) is 4.68 Å². The Morgan fingerprint density at radius 1 is 0.952 bits per heavy atom. The Kier molecular flexibility index (Phi) is 3.17. The van der Waals surface area contributed by atoms with Crippen LogP contribution in [0, 0.1) is 11.6 Å². The van der Waals surface area contributed by atoms with Crippen LogP contribution in [0.1, 0.15) is 0 Å². The number of benzene rings is 2. The van der Waals surface area contributed by atoms with Crippen LogP contribution < -0.4 is 5.73 Å². The molecule has 1 heterocycles. The van der Waals surface area contributed by atoms with Crippen LogP contribution in [0.25, 0.3) is 22.4 Å². The van der Waals surface area contributed by atoms with E-state index in [1.807, 2.05) is 0 Å². The molecule has 0 saturated heterocycles. The van der Waals surface area contributed by atoms with Gasteiger partial charge >= 0.3 is 0 Å². The van der Waals surface area contributed by atoms with E-state index in [4.69, 9.17) is 5.73 Å². The van der Waals surface area contributed by atoms with E-state index in [-0.39, 0.29) is 11.1 Å². The van der Waals surface area contributed by atoms with Crippen LogP contribution in [0.2, 0.25) is 0 Å². The molecule has 0 saturated carbocycles. The van der Waals surface area contributed by atoms with Gasteiger partial charge in [-0.05, 0) is 24.3 Å². The minimum atomic E-state index is -0.479. The molecule has 0 unspecified atom stereocenters. The van der Waals surface area contributed by atoms with Gasteiger partial charge in [-0.1, -0.05) is 18.2 Å². The average Bonchev–Trinajstić information content (AvgIpc) is 2.80. The third-order valence-electron chi connectivity index (χ3n) is 3.34. The molecule has 0 amide bonds. The van der Waals surface area contributed by atoms with E-state index in [9.17, 15) is 8.78 Å². The smallest absolute Gasteiger partial charge is 0.131 e. The molecule has 3 rings (SSSR count). The molecule has 5 heteroatoms. The lowest BCUT2D eigenvalue weighted by molar-refractivity contribution is 0.616. The van der Waals surface area contributed by atoms with E-state index in [1.165, 1.54) is 16.8 Å². The van der Waals surface area contributed by atoms with Gasteiger partial charge in [-0.25, -0.2) is 8.78 Å². The summed E-state index contributed by atoms with van der Waals surface area (Å²) in [7, 11) is 1.72. The van der Waals surface area contributed by atoms with Gasteiger partial charge in [-0.15, -0.1) is 0 Å². The number of nitrogens with two attached hydrogens (primary N) is 1. The molecule has 3 aromatic rings. The van der Waals surface area contributed by atoms with Crippen molar-refractivity contribution in [1.29, 1.82) is 0 Å². The van der Waals surface area contributed by atoms with Crippen molar-refractivity contribution in [3.8, 4) is 22.4 Å². The zero-order valence-electron chi connectivity index (χ0n) is 11.3. The number of aryl methyl sites for hydroxylation is 1. The minimum absolute atomic E-state index is 0.204. The van der Waals surface area contributed by atoms with Crippen LogP contribution in [0.4, 0.5) is 14.6 Å². The van der Waals surface area contributed by atoms with Gasteiger partial charge in [0, 0.05) is 29.8 Å². The molecule has 0 aliphatic heterocycles. The Morgan fingerprint density at radius 2 is 1.67 bits per heavy atom. The number of nitrogens with zero attached hydrogens (tertiary/aromatic N) is 2. The predicted molar refractivity (Wildman–Crippen MR) is 78.4 cm³/mol. The van der Waals surface area contributed by atoms with E-state index in [0.717, 1.165) is 0 Å². The zero-order valence-corrected chi connectivity index (χ0v) is 11.3. The van der Waals surface area contributed by atoms with E-state index >= 15 is 0 Å². The molecule has 2 aromatic carbocycles. The molecule has 0 atom stereocenters. The van der Waals surface area contributed by atoms with E-state index < -0.39 is 11.6 Å². The molecule has 0 radical (unpaired) electrons. The second kappa shape index (κ2) is 5.01. The fraction of sp³-hybridized carbons (Fsp3) is 0.0625. The van der Waals surface area contributed by atoms with E-state index in [0.29, 0.717) is 17.1 Å². The maximum Gasteiger partial charge on any atom is 0.131 e. The van der Waals surface area contributed by atoms with Gasteiger partial charge in [-0.2, -0.15) is 5.10 Å². The standard InChI is InChI=1S/C16H13F2N3/c1-21-16(19)9-15(20-21)10-6-7-14(18)12(8-10)11-4-2-3-5-13(11)17/h2-9H,19H2,1H3. The molecule has 0 bridgehead atoms. The molecule has 0 aliphatic carbocycles. The lowest BCUT2D eigenvalue weighted by atomic mass is 10.0. The molecule has 21 heavy (non-hydrogen) atoms. The highest BCUT2D eigenvalue weighted by molar-refractivity contribution is 5.73. The van der Waals surface area contributed by atoms with Crippen molar-refractivity contribution in [3.05, 3.63) is 60.2 Å². The molecule has 2 N–H and O–H groups in total. The molecule has 0 spiro atoms. The summed E-state index contributed by atoms with van der Waals surface area (Å²) in [5, 5.41) is 4.24. The SMILES string of the molecule is Cn1nc(-c2ccc(F)c(-c3ccccc3F)c2)cc1N. The third-order valence-corrected chi connectivity index (χ3v) is 3.34. The molecular weight excluding hydrogens is 272 g/mol. The maximum atomic E-state index is 14.0. The van der Waals surface area contributed by atoms with Crippen molar-refractivity contribution in [1.82, 2.24) is 9.78 Å². The Bertz CT molecular complexity index is 790. The van der Waals surface area contributed by atoms with Crippen molar-refractivity contribution in [2.24, 2.45) is 7.05 Å². The summed E-state index contributed by atoms with van der Waals surface area (Å²) in [6, 6.07) is 12.3. The van der Waals surface area contributed by atoms with Gasteiger partial charge in [0.25, 0.3) is 0 Å². The molecule has 106 valence electrons. The Morgan fingerprint density at radius 3 is 2.33 bits per heavy atom. The second-order valence-electron chi connectivity index (χ2n) is 4.75. The summed E-state index contributed by atoms with van der Waals surface area (Å²) in [5.74, 6) is -0.441. The van der Waals surface area contributed by atoms with Crippen molar-refractivity contribution in [2.75, 3.05) is 5.73 Å². The second-order valence-corrected chi connectivity index (χ2v) is 4.75.